The first-order valence-electron chi connectivity index (χ1n) is 9.75. The van der Waals surface area contributed by atoms with Crippen LogP contribution in [0, 0.1) is 0 Å². The first-order chi connectivity index (χ1) is 15.1. The summed E-state index contributed by atoms with van der Waals surface area (Å²) in [4.78, 5) is 25.5. The van der Waals surface area contributed by atoms with Crippen molar-refractivity contribution in [3.63, 3.8) is 0 Å². The molecule has 0 radical (unpaired) electrons. The smallest absolute Gasteiger partial charge is 0.339 e. The van der Waals surface area contributed by atoms with Crippen LogP contribution in [0.3, 0.4) is 0 Å². The number of benzene rings is 4. The van der Waals surface area contributed by atoms with Crippen LogP contribution >= 0.6 is 11.3 Å². The highest BCUT2D eigenvalue weighted by Gasteiger charge is 2.23. The van der Waals surface area contributed by atoms with E-state index in [1.807, 2.05) is 78.9 Å². The summed E-state index contributed by atoms with van der Waals surface area (Å²) < 4.78 is 0. The molecule has 1 heterocycles. The molecular formula is C26H17NO3S. The number of carbonyl (C=O) groups excluding carboxylic acids is 1. The maximum Gasteiger partial charge on any atom is 0.339 e. The Bertz CT molecular complexity index is 1400. The van der Waals surface area contributed by atoms with Crippen molar-refractivity contribution in [2.45, 2.75) is 0 Å². The van der Waals surface area contributed by atoms with Gasteiger partial charge in [-0.1, -0.05) is 78.9 Å². The van der Waals surface area contributed by atoms with Gasteiger partial charge < -0.3 is 10.4 Å². The third-order valence-corrected chi connectivity index (χ3v) is 6.21. The molecule has 31 heavy (non-hydrogen) atoms. The molecule has 1 aromatic heterocycles. The van der Waals surface area contributed by atoms with Gasteiger partial charge in [0.05, 0.1) is 5.56 Å². The predicted molar refractivity (Wildman–Crippen MR) is 126 cm³/mol. The van der Waals surface area contributed by atoms with Gasteiger partial charge in [0.1, 0.15) is 10.6 Å². The lowest BCUT2D eigenvalue weighted by Crippen LogP contribution is -2.14. The van der Waals surface area contributed by atoms with E-state index in [1.54, 1.807) is 5.38 Å². The lowest BCUT2D eigenvalue weighted by Gasteiger charge is -2.12. The first kappa shape index (κ1) is 19.0. The molecule has 0 fully saturated rings. The molecule has 5 aromatic rings. The van der Waals surface area contributed by atoms with E-state index in [4.69, 9.17) is 0 Å². The second-order valence-corrected chi connectivity index (χ2v) is 8.05. The molecule has 0 bridgehead atoms. The van der Waals surface area contributed by atoms with Crippen molar-refractivity contribution >= 4 is 49.8 Å². The van der Waals surface area contributed by atoms with Crippen LogP contribution in [0.15, 0.2) is 90.3 Å². The molecule has 150 valence electrons. The summed E-state index contributed by atoms with van der Waals surface area (Å²) in [5.41, 5.74) is 2.04. The molecular weight excluding hydrogens is 406 g/mol. The number of hydrogen-bond donors (Lipinski definition) is 2. The fraction of sp³-hybridized carbons (Fsp3) is 0. The molecule has 4 aromatic carbocycles. The Kier molecular flexibility index (Phi) is 4.73. The summed E-state index contributed by atoms with van der Waals surface area (Å²) >= 11 is 1.22. The molecule has 4 nitrogen and oxygen atoms in total. The van der Waals surface area contributed by atoms with Gasteiger partial charge in [-0.15, -0.1) is 11.3 Å². The largest absolute Gasteiger partial charge is 0.478 e. The Labute approximate surface area is 182 Å². The summed E-state index contributed by atoms with van der Waals surface area (Å²) in [6.45, 7) is 0. The number of carboxylic acids is 1. The highest BCUT2D eigenvalue weighted by atomic mass is 32.1. The zero-order valence-electron chi connectivity index (χ0n) is 16.3. The number of carbonyl (C=O) groups is 2. The van der Waals surface area contributed by atoms with Crippen LogP contribution in [0.25, 0.3) is 32.7 Å². The average Bonchev–Trinajstić information content (AvgIpc) is 3.21. The number of rotatable bonds is 4. The lowest BCUT2D eigenvalue weighted by atomic mass is 9.96. The maximum absolute atomic E-state index is 13.5. The Balaban J connectivity index is 1.64. The van der Waals surface area contributed by atoms with Crippen molar-refractivity contribution in [3.05, 3.63) is 101 Å². The van der Waals surface area contributed by atoms with E-state index in [1.165, 1.54) is 11.3 Å². The molecule has 0 unspecified atom stereocenters. The van der Waals surface area contributed by atoms with Gasteiger partial charge in [-0.25, -0.2) is 4.79 Å². The van der Waals surface area contributed by atoms with Crippen LogP contribution in [0.5, 0.6) is 0 Å². The number of nitrogens with one attached hydrogen (secondary N) is 1. The number of amides is 1. The Morgan fingerprint density at radius 2 is 1.32 bits per heavy atom. The summed E-state index contributed by atoms with van der Waals surface area (Å²) in [6.07, 6.45) is 0. The second kappa shape index (κ2) is 7.70. The minimum atomic E-state index is -1.07. The van der Waals surface area contributed by atoms with Crippen molar-refractivity contribution in [2.24, 2.45) is 0 Å². The average molecular weight is 423 g/mol. The molecule has 0 saturated carbocycles. The van der Waals surface area contributed by atoms with Crippen molar-refractivity contribution < 1.29 is 14.7 Å². The molecule has 1 amide bonds. The number of thiophene rings is 1. The topological polar surface area (TPSA) is 66.4 Å². The van der Waals surface area contributed by atoms with E-state index in [9.17, 15) is 14.7 Å². The van der Waals surface area contributed by atoms with Gasteiger partial charge in [-0.3, -0.25) is 4.79 Å². The van der Waals surface area contributed by atoms with Crippen LogP contribution in [0.1, 0.15) is 20.7 Å². The van der Waals surface area contributed by atoms with Crippen LogP contribution < -0.4 is 5.32 Å². The minimum absolute atomic E-state index is 0.106. The zero-order chi connectivity index (χ0) is 21.4. The summed E-state index contributed by atoms with van der Waals surface area (Å²) in [5, 5.41) is 18.4. The van der Waals surface area contributed by atoms with E-state index in [-0.39, 0.29) is 11.5 Å². The SMILES string of the molecule is O=C(O)c1c(-c2ccccc2)csc1NC(=O)c1c2ccccc2cc2ccccc12. The molecule has 0 aliphatic heterocycles. The third kappa shape index (κ3) is 3.35. The van der Waals surface area contributed by atoms with E-state index in [0.717, 1.165) is 27.1 Å². The van der Waals surface area contributed by atoms with Gasteiger partial charge in [0.25, 0.3) is 5.91 Å². The Hall–Kier alpha value is -3.96. The van der Waals surface area contributed by atoms with Crippen molar-refractivity contribution in [1.29, 1.82) is 0 Å². The first-order valence-corrected chi connectivity index (χ1v) is 10.6. The normalized spacial score (nSPS) is 11.0. The fourth-order valence-electron chi connectivity index (χ4n) is 3.92. The summed E-state index contributed by atoms with van der Waals surface area (Å²) in [6, 6.07) is 26.8. The highest BCUT2D eigenvalue weighted by Crippen LogP contribution is 2.37. The van der Waals surface area contributed by atoms with Crippen molar-refractivity contribution in [2.75, 3.05) is 5.32 Å². The second-order valence-electron chi connectivity index (χ2n) is 7.17. The maximum atomic E-state index is 13.5. The molecule has 0 atom stereocenters. The minimum Gasteiger partial charge on any atom is -0.478 e. The predicted octanol–water partition coefficient (Wildman–Crippen LogP) is 6.67. The standard InChI is InChI=1S/C26H17NO3S/c28-24(22-19-12-6-4-10-17(19)14-18-11-5-7-13-20(18)22)27-25-23(26(29)30)21(15-31-25)16-8-2-1-3-9-16/h1-15H,(H,27,28)(H,29,30). The lowest BCUT2D eigenvalue weighted by molar-refractivity contribution is 0.0699. The number of fused-ring (bicyclic) bond motifs is 2. The van der Waals surface area contributed by atoms with Crippen molar-refractivity contribution in [3.8, 4) is 11.1 Å². The van der Waals surface area contributed by atoms with Crippen LogP contribution in [-0.4, -0.2) is 17.0 Å². The van der Waals surface area contributed by atoms with Gasteiger partial charge in [-0.05, 0) is 33.2 Å². The van der Waals surface area contributed by atoms with Gasteiger partial charge in [-0.2, -0.15) is 0 Å². The number of hydrogen-bond acceptors (Lipinski definition) is 3. The molecule has 0 aliphatic carbocycles. The quantitative estimate of drug-likeness (QED) is 0.317. The fourth-order valence-corrected chi connectivity index (χ4v) is 4.87. The molecule has 5 heteroatoms. The van der Waals surface area contributed by atoms with Gasteiger partial charge in [0, 0.05) is 10.9 Å². The van der Waals surface area contributed by atoms with Crippen LogP contribution in [0.4, 0.5) is 5.00 Å². The van der Waals surface area contributed by atoms with Crippen LogP contribution in [0.2, 0.25) is 0 Å². The molecule has 0 spiro atoms. The Morgan fingerprint density at radius 1 is 0.742 bits per heavy atom. The number of carboxylic acid groups (broad SMARTS) is 1. The van der Waals surface area contributed by atoms with E-state index in [0.29, 0.717) is 16.1 Å². The molecule has 5 rings (SSSR count). The molecule has 0 aliphatic rings. The number of anilines is 1. The van der Waals surface area contributed by atoms with E-state index >= 15 is 0 Å². The molecule has 0 saturated heterocycles. The van der Waals surface area contributed by atoms with E-state index in [2.05, 4.69) is 11.4 Å². The van der Waals surface area contributed by atoms with E-state index < -0.39 is 5.97 Å². The van der Waals surface area contributed by atoms with Crippen molar-refractivity contribution in [1.82, 2.24) is 0 Å². The zero-order valence-corrected chi connectivity index (χ0v) is 17.1. The summed E-state index contributed by atoms with van der Waals surface area (Å²) in [7, 11) is 0. The summed E-state index contributed by atoms with van der Waals surface area (Å²) in [5.74, 6) is -1.39. The third-order valence-electron chi connectivity index (χ3n) is 5.32. The Morgan fingerprint density at radius 3 is 1.94 bits per heavy atom. The number of aromatic carboxylic acids is 1. The highest BCUT2D eigenvalue weighted by molar-refractivity contribution is 7.15. The van der Waals surface area contributed by atoms with Gasteiger partial charge >= 0.3 is 5.97 Å². The molecule has 2 N–H and O–H groups in total. The monoisotopic (exact) mass is 423 g/mol. The van der Waals surface area contributed by atoms with Gasteiger partial charge in [0.2, 0.25) is 0 Å². The van der Waals surface area contributed by atoms with Crippen LogP contribution in [-0.2, 0) is 0 Å². The van der Waals surface area contributed by atoms with Gasteiger partial charge in [0.15, 0.2) is 0 Å².